The second-order valence-electron chi connectivity index (χ2n) is 7.12. The highest BCUT2D eigenvalue weighted by atomic mass is 32.1. The number of nitrogens with zero attached hydrogens (tertiary/aromatic N) is 2. The lowest BCUT2D eigenvalue weighted by atomic mass is 10.1. The van der Waals surface area contributed by atoms with Crippen molar-refractivity contribution in [2.45, 2.75) is 38.8 Å². The average molecular weight is 398 g/mol. The van der Waals surface area contributed by atoms with Crippen molar-refractivity contribution in [2.75, 3.05) is 18.0 Å². The number of hydrogen-bond donors (Lipinski definition) is 0. The number of benzene rings is 1. The molecule has 0 spiro atoms. The molecule has 0 N–H and O–H groups in total. The van der Waals surface area contributed by atoms with Gasteiger partial charge in [-0.2, -0.15) is 0 Å². The summed E-state index contributed by atoms with van der Waals surface area (Å²) >= 11 is 1.72. The standard InChI is InChI=1S/C21H22N2O4S/c1-14(20(25)22-11-8-18-16(13-22)9-12-28-18)27-21(26)15-4-6-17(7-5-15)23-10-2-3-19(23)24/h4-7,9,12,14H,2-3,8,10-11,13H2,1H3. The van der Waals surface area contributed by atoms with E-state index in [2.05, 4.69) is 0 Å². The Kier molecular flexibility index (Phi) is 5.17. The predicted molar refractivity (Wildman–Crippen MR) is 106 cm³/mol. The minimum atomic E-state index is -0.840. The fraction of sp³-hybridized carbons (Fsp3) is 0.381. The van der Waals surface area contributed by atoms with Crippen LogP contribution in [0, 0.1) is 0 Å². The second-order valence-corrected chi connectivity index (χ2v) is 8.12. The maximum atomic E-state index is 12.7. The molecule has 2 amide bonds. The lowest BCUT2D eigenvalue weighted by Gasteiger charge is -2.29. The molecule has 28 heavy (non-hydrogen) atoms. The number of carbonyl (C=O) groups is 3. The molecule has 1 fully saturated rings. The van der Waals surface area contributed by atoms with E-state index in [0.717, 1.165) is 18.5 Å². The zero-order valence-corrected chi connectivity index (χ0v) is 16.5. The van der Waals surface area contributed by atoms with Gasteiger partial charge in [-0.15, -0.1) is 11.3 Å². The van der Waals surface area contributed by atoms with Crippen LogP contribution in [0.2, 0.25) is 0 Å². The van der Waals surface area contributed by atoms with Crippen LogP contribution in [0.3, 0.4) is 0 Å². The zero-order chi connectivity index (χ0) is 19.7. The summed E-state index contributed by atoms with van der Waals surface area (Å²) in [6.07, 6.45) is 1.42. The monoisotopic (exact) mass is 398 g/mol. The largest absolute Gasteiger partial charge is 0.449 e. The molecule has 0 bridgehead atoms. The van der Waals surface area contributed by atoms with Crippen LogP contribution in [0.4, 0.5) is 5.69 Å². The van der Waals surface area contributed by atoms with Gasteiger partial charge in [-0.25, -0.2) is 4.79 Å². The van der Waals surface area contributed by atoms with E-state index in [1.54, 1.807) is 52.3 Å². The maximum Gasteiger partial charge on any atom is 0.338 e. The summed E-state index contributed by atoms with van der Waals surface area (Å²) < 4.78 is 5.40. The molecule has 6 nitrogen and oxygen atoms in total. The van der Waals surface area contributed by atoms with Crippen LogP contribution >= 0.6 is 11.3 Å². The molecule has 2 aliphatic heterocycles. The lowest BCUT2D eigenvalue weighted by Crippen LogP contribution is -2.42. The summed E-state index contributed by atoms with van der Waals surface area (Å²) in [7, 11) is 0. The first-order valence-electron chi connectivity index (χ1n) is 9.48. The van der Waals surface area contributed by atoms with E-state index in [0.29, 0.717) is 31.6 Å². The Morgan fingerprint density at radius 1 is 1.11 bits per heavy atom. The van der Waals surface area contributed by atoms with E-state index < -0.39 is 12.1 Å². The van der Waals surface area contributed by atoms with Crippen molar-refractivity contribution < 1.29 is 19.1 Å². The lowest BCUT2D eigenvalue weighted by molar-refractivity contribution is -0.140. The molecule has 1 unspecified atom stereocenters. The quantitative estimate of drug-likeness (QED) is 0.743. The highest BCUT2D eigenvalue weighted by Gasteiger charge is 2.28. The van der Waals surface area contributed by atoms with E-state index in [9.17, 15) is 14.4 Å². The minimum Gasteiger partial charge on any atom is -0.449 e. The number of thiophene rings is 1. The van der Waals surface area contributed by atoms with E-state index in [4.69, 9.17) is 4.74 Å². The molecule has 1 atom stereocenters. The Morgan fingerprint density at radius 3 is 2.61 bits per heavy atom. The van der Waals surface area contributed by atoms with Gasteiger partial charge in [-0.3, -0.25) is 9.59 Å². The fourth-order valence-electron chi connectivity index (χ4n) is 3.67. The number of fused-ring (bicyclic) bond motifs is 1. The Balaban J connectivity index is 1.36. The normalized spacial score (nSPS) is 17.4. The van der Waals surface area contributed by atoms with E-state index in [1.807, 2.05) is 11.4 Å². The van der Waals surface area contributed by atoms with Crippen molar-refractivity contribution in [3.63, 3.8) is 0 Å². The van der Waals surface area contributed by atoms with Crippen LogP contribution in [0.1, 0.15) is 40.6 Å². The first-order chi connectivity index (χ1) is 13.5. The molecule has 1 aromatic carbocycles. The summed E-state index contributed by atoms with van der Waals surface area (Å²) in [5, 5.41) is 2.04. The summed E-state index contributed by atoms with van der Waals surface area (Å²) in [5.41, 5.74) is 2.33. The van der Waals surface area contributed by atoms with Gasteiger partial charge >= 0.3 is 5.97 Å². The van der Waals surface area contributed by atoms with Crippen molar-refractivity contribution in [1.29, 1.82) is 0 Å². The van der Waals surface area contributed by atoms with Crippen molar-refractivity contribution in [3.8, 4) is 0 Å². The molecule has 2 aromatic rings. The topological polar surface area (TPSA) is 66.9 Å². The number of hydrogen-bond acceptors (Lipinski definition) is 5. The molecule has 2 aliphatic rings. The highest BCUT2D eigenvalue weighted by Crippen LogP contribution is 2.25. The molecule has 1 saturated heterocycles. The Hall–Kier alpha value is -2.67. The first-order valence-corrected chi connectivity index (χ1v) is 10.4. The molecule has 4 rings (SSSR count). The molecule has 0 saturated carbocycles. The van der Waals surface area contributed by atoms with Gasteiger partial charge in [-0.1, -0.05) is 0 Å². The molecule has 0 aliphatic carbocycles. The van der Waals surface area contributed by atoms with Crippen molar-refractivity contribution in [3.05, 3.63) is 51.7 Å². The van der Waals surface area contributed by atoms with E-state index in [1.165, 1.54) is 10.4 Å². The number of carbonyl (C=O) groups excluding carboxylic acids is 3. The summed E-state index contributed by atoms with van der Waals surface area (Å²) in [4.78, 5) is 41.7. The van der Waals surface area contributed by atoms with E-state index >= 15 is 0 Å². The third-order valence-corrected chi connectivity index (χ3v) is 6.26. The maximum absolute atomic E-state index is 12.7. The number of anilines is 1. The van der Waals surface area contributed by atoms with Crippen LogP contribution in [0.15, 0.2) is 35.7 Å². The Bertz CT molecular complexity index is 905. The minimum absolute atomic E-state index is 0.102. The number of ether oxygens (including phenoxy) is 1. The van der Waals surface area contributed by atoms with Crippen LogP contribution in [-0.4, -0.2) is 41.9 Å². The second kappa shape index (κ2) is 7.75. The number of rotatable bonds is 4. The Labute approximate surface area is 167 Å². The third-order valence-electron chi connectivity index (χ3n) is 5.24. The molecule has 3 heterocycles. The van der Waals surface area contributed by atoms with Gasteiger partial charge in [0.1, 0.15) is 0 Å². The van der Waals surface area contributed by atoms with Gasteiger partial charge in [0.05, 0.1) is 5.56 Å². The predicted octanol–water partition coefficient (Wildman–Crippen LogP) is 3.01. The van der Waals surface area contributed by atoms with Gasteiger partial charge in [0.25, 0.3) is 5.91 Å². The summed E-state index contributed by atoms with van der Waals surface area (Å²) in [6.45, 7) is 3.53. The summed E-state index contributed by atoms with van der Waals surface area (Å²) in [5.74, 6) is -0.609. The first kappa shape index (κ1) is 18.7. The molecular formula is C21H22N2O4S. The highest BCUT2D eigenvalue weighted by molar-refractivity contribution is 7.10. The van der Waals surface area contributed by atoms with Crippen LogP contribution in [-0.2, 0) is 27.3 Å². The van der Waals surface area contributed by atoms with Crippen LogP contribution < -0.4 is 4.90 Å². The molecule has 146 valence electrons. The number of amides is 2. The van der Waals surface area contributed by atoms with Gasteiger partial charge in [0.15, 0.2) is 6.10 Å². The van der Waals surface area contributed by atoms with Gasteiger partial charge in [-0.05, 0) is 61.0 Å². The van der Waals surface area contributed by atoms with Crippen molar-refractivity contribution in [2.24, 2.45) is 0 Å². The SMILES string of the molecule is CC(OC(=O)c1ccc(N2CCCC2=O)cc1)C(=O)N1CCc2sccc2C1. The van der Waals surface area contributed by atoms with E-state index in [-0.39, 0.29) is 11.8 Å². The van der Waals surface area contributed by atoms with Gasteiger partial charge in [0, 0.05) is 36.6 Å². The summed E-state index contributed by atoms with van der Waals surface area (Å²) in [6, 6.07) is 8.81. The molecule has 7 heteroatoms. The third kappa shape index (κ3) is 3.67. The van der Waals surface area contributed by atoms with Gasteiger partial charge in [0.2, 0.25) is 5.91 Å². The Morgan fingerprint density at radius 2 is 1.89 bits per heavy atom. The zero-order valence-electron chi connectivity index (χ0n) is 15.7. The van der Waals surface area contributed by atoms with Crippen LogP contribution in [0.5, 0.6) is 0 Å². The number of esters is 1. The smallest absolute Gasteiger partial charge is 0.338 e. The van der Waals surface area contributed by atoms with Crippen molar-refractivity contribution in [1.82, 2.24) is 4.90 Å². The molecule has 1 aromatic heterocycles. The molecule has 0 radical (unpaired) electrons. The molecular weight excluding hydrogens is 376 g/mol. The van der Waals surface area contributed by atoms with Gasteiger partial charge < -0.3 is 14.5 Å². The fourth-order valence-corrected chi connectivity index (χ4v) is 4.56. The van der Waals surface area contributed by atoms with Crippen molar-refractivity contribution >= 4 is 34.8 Å². The average Bonchev–Trinajstić information content (AvgIpc) is 3.35. The van der Waals surface area contributed by atoms with Crippen LogP contribution in [0.25, 0.3) is 0 Å².